The molecule has 0 aromatic heterocycles. The number of nitrogens with zero attached hydrogens (tertiary/aromatic N) is 1. The minimum absolute atomic E-state index is 0.0503. The van der Waals surface area contributed by atoms with Gasteiger partial charge in [-0.1, -0.05) is 13.0 Å². The average Bonchev–Trinajstić information content (AvgIpc) is 2.73. The van der Waals surface area contributed by atoms with Gasteiger partial charge in [-0.2, -0.15) is 0 Å². The van der Waals surface area contributed by atoms with Crippen LogP contribution in [0.1, 0.15) is 52.1 Å². The highest BCUT2D eigenvalue weighted by Gasteiger charge is 2.18. The zero-order chi connectivity index (χ0) is 20.1. The number of hydrogen-bond acceptors (Lipinski definition) is 3. The highest BCUT2D eigenvalue weighted by atomic mass is 19.1. The summed E-state index contributed by atoms with van der Waals surface area (Å²) in [5, 5.41) is 5.85. The van der Waals surface area contributed by atoms with E-state index >= 15 is 0 Å². The van der Waals surface area contributed by atoms with Gasteiger partial charge in [-0.25, -0.2) is 4.39 Å². The van der Waals surface area contributed by atoms with Crippen LogP contribution in [-0.4, -0.2) is 36.3 Å². The lowest BCUT2D eigenvalue weighted by Gasteiger charge is -2.20. The molecule has 0 fully saturated rings. The lowest BCUT2D eigenvalue weighted by Crippen LogP contribution is -2.31. The van der Waals surface area contributed by atoms with Gasteiger partial charge < -0.3 is 15.5 Å². The maximum absolute atomic E-state index is 14.7. The van der Waals surface area contributed by atoms with E-state index in [0.717, 1.165) is 18.5 Å². The minimum Gasteiger partial charge on any atom is -0.339 e. The molecule has 5 nitrogen and oxygen atoms in total. The van der Waals surface area contributed by atoms with Crippen LogP contribution in [0.3, 0.4) is 0 Å². The Bertz CT molecular complexity index is 865. The molecule has 0 atom stereocenters. The summed E-state index contributed by atoms with van der Waals surface area (Å²) in [5.74, 6) is -0.810. The molecule has 1 heterocycles. The molecule has 28 heavy (non-hydrogen) atoms. The molecule has 2 amide bonds. The highest BCUT2D eigenvalue weighted by molar-refractivity contribution is 6.05. The summed E-state index contributed by atoms with van der Waals surface area (Å²) >= 11 is 0. The first-order valence-corrected chi connectivity index (χ1v) is 9.76. The van der Waals surface area contributed by atoms with Gasteiger partial charge in [-0.05, 0) is 67.8 Å². The van der Waals surface area contributed by atoms with Gasteiger partial charge in [-0.15, -0.1) is 0 Å². The number of fused-ring (bicyclic) bond motifs is 1. The third-order valence-corrected chi connectivity index (χ3v) is 5.01. The van der Waals surface area contributed by atoms with Crippen LogP contribution < -0.4 is 10.6 Å². The first-order chi connectivity index (χ1) is 13.5. The Morgan fingerprint density at radius 1 is 1.11 bits per heavy atom. The van der Waals surface area contributed by atoms with Crippen molar-refractivity contribution >= 4 is 17.5 Å². The number of rotatable bonds is 6. The van der Waals surface area contributed by atoms with Gasteiger partial charge in [0.25, 0.3) is 11.8 Å². The number of nitrogens with one attached hydrogen (secondary N) is 2. The monoisotopic (exact) mass is 383 g/mol. The fraction of sp³-hybridized carbons (Fsp3) is 0.364. The molecular weight excluding hydrogens is 357 g/mol. The van der Waals surface area contributed by atoms with E-state index in [-0.39, 0.29) is 17.4 Å². The van der Waals surface area contributed by atoms with Crippen LogP contribution in [0.5, 0.6) is 0 Å². The van der Waals surface area contributed by atoms with Crippen LogP contribution >= 0.6 is 0 Å². The molecule has 148 valence electrons. The summed E-state index contributed by atoms with van der Waals surface area (Å²) in [6.45, 7) is 6.68. The Labute approximate surface area is 164 Å². The van der Waals surface area contributed by atoms with Gasteiger partial charge in [0.05, 0.1) is 5.69 Å². The van der Waals surface area contributed by atoms with E-state index in [0.29, 0.717) is 42.7 Å². The number of halogens is 1. The molecule has 2 N–H and O–H groups in total. The van der Waals surface area contributed by atoms with Crippen molar-refractivity contribution in [2.24, 2.45) is 0 Å². The van der Waals surface area contributed by atoms with Crippen LogP contribution in [0, 0.1) is 5.82 Å². The zero-order valence-electron chi connectivity index (χ0n) is 16.3. The average molecular weight is 383 g/mol. The highest BCUT2D eigenvalue weighted by Crippen LogP contribution is 2.25. The smallest absolute Gasteiger partial charge is 0.255 e. The molecular formula is C22H26FN3O2. The number of carbonyl (C=O) groups is 2. The van der Waals surface area contributed by atoms with E-state index in [2.05, 4.69) is 10.6 Å². The molecule has 1 aliphatic heterocycles. The van der Waals surface area contributed by atoms with Crippen molar-refractivity contribution in [3.05, 3.63) is 64.5 Å². The van der Waals surface area contributed by atoms with Gasteiger partial charge in [0, 0.05) is 30.8 Å². The van der Waals surface area contributed by atoms with Crippen LogP contribution in [0.2, 0.25) is 0 Å². The summed E-state index contributed by atoms with van der Waals surface area (Å²) in [6, 6.07) is 9.93. The van der Waals surface area contributed by atoms with Gasteiger partial charge in [0.15, 0.2) is 0 Å². The van der Waals surface area contributed by atoms with Crippen molar-refractivity contribution in [2.75, 3.05) is 25.0 Å². The van der Waals surface area contributed by atoms with E-state index in [9.17, 15) is 14.0 Å². The maximum atomic E-state index is 14.7. The third-order valence-electron chi connectivity index (χ3n) is 5.01. The molecule has 0 bridgehead atoms. The van der Waals surface area contributed by atoms with Crippen LogP contribution in [0.25, 0.3) is 0 Å². The topological polar surface area (TPSA) is 61.4 Å². The van der Waals surface area contributed by atoms with Gasteiger partial charge in [0.1, 0.15) is 5.82 Å². The van der Waals surface area contributed by atoms with Crippen molar-refractivity contribution in [1.29, 1.82) is 0 Å². The SMILES string of the molecule is CCCN(CC)C(=O)c1ccc(C(=O)Nc2ccc3c(c2F)CCNC3)cc1. The molecule has 2 aromatic rings. The predicted molar refractivity (Wildman–Crippen MR) is 108 cm³/mol. The van der Waals surface area contributed by atoms with Crippen molar-refractivity contribution in [3.63, 3.8) is 0 Å². The molecule has 0 radical (unpaired) electrons. The summed E-state index contributed by atoms with van der Waals surface area (Å²) in [6.07, 6.45) is 1.50. The molecule has 0 unspecified atom stereocenters. The lowest BCUT2D eigenvalue weighted by atomic mass is 9.99. The molecule has 3 rings (SSSR count). The van der Waals surface area contributed by atoms with Crippen LogP contribution in [0.4, 0.5) is 10.1 Å². The summed E-state index contributed by atoms with van der Waals surface area (Å²) in [7, 11) is 0. The first-order valence-electron chi connectivity index (χ1n) is 9.76. The maximum Gasteiger partial charge on any atom is 0.255 e. The second kappa shape index (κ2) is 8.97. The Morgan fingerprint density at radius 3 is 2.50 bits per heavy atom. The standard InChI is InChI=1S/C22H26FN3O2/c1-3-13-26(4-2)22(28)16-7-5-15(6-8-16)21(27)25-19-10-9-17-14-24-12-11-18(17)20(19)23/h5-10,24H,3-4,11-14H2,1-2H3,(H,25,27). The summed E-state index contributed by atoms with van der Waals surface area (Å²) in [5.41, 5.74) is 2.70. The molecule has 0 spiro atoms. The van der Waals surface area contributed by atoms with Gasteiger partial charge in [0.2, 0.25) is 0 Å². The van der Waals surface area contributed by atoms with Gasteiger partial charge in [-0.3, -0.25) is 9.59 Å². The molecule has 0 aliphatic carbocycles. The Balaban J connectivity index is 1.73. The first kappa shape index (κ1) is 20.0. The second-order valence-corrected chi connectivity index (χ2v) is 6.91. The van der Waals surface area contributed by atoms with E-state index < -0.39 is 5.91 Å². The number of anilines is 1. The lowest BCUT2D eigenvalue weighted by molar-refractivity contribution is 0.0764. The van der Waals surface area contributed by atoms with Crippen molar-refractivity contribution in [3.8, 4) is 0 Å². The van der Waals surface area contributed by atoms with E-state index in [1.54, 1.807) is 35.2 Å². The normalized spacial score (nSPS) is 13.0. The number of benzene rings is 2. The number of carbonyl (C=O) groups excluding carboxylic acids is 2. The minimum atomic E-state index is -0.396. The quantitative estimate of drug-likeness (QED) is 0.801. The number of hydrogen-bond donors (Lipinski definition) is 2. The van der Waals surface area contributed by atoms with E-state index in [1.807, 2.05) is 19.9 Å². The van der Waals surface area contributed by atoms with Crippen molar-refractivity contribution < 1.29 is 14.0 Å². The molecule has 2 aromatic carbocycles. The molecule has 6 heteroatoms. The number of amides is 2. The fourth-order valence-electron chi connectivity index (χ4n) is 3.44. The second-order valence-electron chi connectivity index (χ2n) is 6.91. The van der Waals surface area contributed by atoms with Crippen molar-refractivity contribution in [2.45, 2.75) is 33.2 Å². The Hall–Kier alpha value is -2.73. The molecule has 0 saturated heterocycles. The summed E-state index contributed by atoms with van der Waals surface area (Å²) < 4.78 is 14.7. The molecule has 1 aliphatic rings. The largest absolute Gasteiger partial charge is 0.339 e. The van der Waals surface area contributed by atoms with Crippen molar-refractivity contribution in [1.82, 2.24) is 10.2 Å². The Morgan fingerprint density at radius 2 is 1.82 bits per heavy atom. The third kappa shape index (κ3) is 4.22. The van der Waals surface area contributed by atoms with E-state index in [4.69, 9.17) is 0 Å². The van der Waals surface area contributed by atoms with E-state index in [1.165, 1.54) is 0 Å². The van der Waals surface area contributed by atoms with Crippen LogP contribution in [-0.2, 0) is 13.0 Å². The van der Waals surface area contributed by atoms with Crippen LogP contribution in [0.15, 0.2) is 36.4 Å². The Kier molecular flexibility index (Phi) is 6.41. The molecule has 0 saturated carbocycles. The summed E-state index contributed by atoms with van der Waals surface area (Å²) in [4.78, 5) is 26.8. The fourth-order valence-corrected chi connectivity index (χ4v) is 3.44. The zero-order valence-corrected chi connectivity index (χ0v) is 16.3. The van der Waals surface area contributed by atoms with Gasteiger partial charge >= 0.3 is 0 Å². The predicted octanol–water partition coefficient (Wildman–Crippen LogP) is 3.60.